The average Bonchev–Trinajstić information content (AvgIpc) is 3.66. The maximum atomic E-state index is 13.7. The topological polar surface area (TPSA) is 105 Å². The molecule has 2 aromatic heterocycles. The molecule has 0 aliphatic heterocycles. The van der Waals surface area contributed by atoms with Crippen LogP contribution in [0.25, 0.3) is 28.0 Å². The highest BCUT2D eigenvalue weighted by atomic mass is 32.2. The van der Waals surface area contributed by atoms with Gasteiger partial charge in [-0.15, -0.1) is 10.2 Å². The van der Waals surface area contributed by atoms with E-state index in [4.69, 9.17) is 9.47 Å². The number of esters is 1. The van der Waals surface area contributed by atoms with Crippen molar-refractivity contribution in [1.29, 1.82) is 0 Å². The molecule has 0 amide bonds. The zero-order valence-electron chi connectivity index (χ0n) is 23.7. The molecule has 222 valence electrons. The SMILES string of the molecule is CCOc1ccc(-n2c(SCC(=O)OCc3ccccc3)nnc2-c2cn(S(=O)(=O)c3ccccc3)c3ccccc23)cc1. The lowest BCUT2D eigenvalue weighted by atomic mass is 10.1. The number of aromatic nitrogens is 4. The van der Waals surface area contributed by atoms with Gasteiger partial charge in [0.1, 0.15) is 12.4 Å². The third kappa shape index (κ3) is 5.97. The van der Waals surface area contributed by atoms with Gasteiger partial charge in [-0.05, 0) is 55.0 Å². The first-order valence-corrected chi connectivity index (χ1v) is 16.3. The molecular weight excluding hydrogens is 597 g/mol. The number of benzene rings is 4. The number of hydrogen-bond donors (Lipinski definition) is 0. The summed E-state index contributed by atoms with van der Waals surface area (Å²) < 4.78 is 41.7. The second kappa shape index (κ2) is 12.8. The van der Waals surface area contributed by atoms with E-state index < -0.39 is 16.0 Å². The molecule has 9 nitrogen and oxygen atoms in total. The van der Waals surface area contributed by atoms with Gasteiger partial charge < -0.3 is 9.47 Å². The van der Waals surface area contributed by atoms with E-state index in [0.717, 1.165) is 11.3 Å². The molecule has 0 saturated carbocycles. The molecule has 6 aromatic rings. The van der Waals surface area contributed by atoms with Gasteiger partial charge in [0.2, 0.25) is 0 Å². The van der Waals surface area contributed by atoms with Crippen LogP contribution in [0.5, 0.6) is 5.75 Å². The van der Waals surface area contributed by atoms with Crippen molar-refractivity contribution in [3.05, 3.63) is 121 Å². The fourth-order valence-electron chi connectivity index (χ4n) is 4.76. The van der Waals surface area contributed by atoms with Gasteiger partial charge in [0.15, 0.2) is 11.0 Å². The van der Waals surface area contributed by atoms with Crippen molar-refractivity contribution in [3.8, 4) is 22.8 Å². The standard InChI is InChI=1S/C33H28N4O5S2/c1-2-41-26-19-17-25(18-20-26)37-32(34-35-33(37)43-23-31(38)42-22-24-11-5-3-6-12-24)29-21-36(30-16-10-9-15-28(29)30)44(39,40)27-13-7-4-8-14-27/h3-21H,2,22-23H2,1H3. The summed E-state index contributed by atoms with van der Waals surface area (Å²) in [4.78, 5) is 12.8. The summed E-state index contributed by atoms with van der Waals surface area (Å²) in [5.41, 5.74) is 2.69. The van der Waals surface area contributed by atoms with Gasteiger partial charge in [0, 0.05) is 22.8 Å². The van der Waals surface area contributed by atoms with E-state index >= 15 is 0 Å². The van der Waals surface area contributed by atoms with Crippen LogP contribution in [-0.2, 0) is 26.2 Å². The fraction of sp³-hybridized carbons (Fsp3) is 0.121. The Balaban J connectivity index is 1.40. The number of para-hydroxylation sites is 1. The summed E-state index contributed by atoms with van der Waals surface area (Å²) in [5, 5.41) is 10.1. The normalized spacial score (nSPS) is 11.5. The summed E-state index contributed by atoms with van der Waals surface area (Å²) in [6, 6.07) is 32.4. The van der Waals surface area contributed by atoms with Crippen LogP contribution in [0.2, 0.25) is 0 Å². The first-order valence-electron chi connectivity index (χ1n) is 13.9. The van der Waals surface area contributed by atoms with Crippen molar-refractivity contribution < 1.29 is 22.7 Å². The maximum absolute atomic E-state index is 13.7. The third-order valence-electron chi connectivity index (χ3n) is 6.82. The number of fused-ring (bicyclic) bond motifs is 1. The van der Waals surface area contributed by atoms with Crippen LogP contribution in [0.15, 0.2) is 125 Å². The van der Waals surface area contributed by atoms with Crippen LogP contribution in [0, 0.1) is 0 Å². The van der Waals surface area contributed by atoms with Crippen LogP contribution in [0.1, 0.15) is 12.5 Å². The Bertz CT molecular complexity index is 2010. The molecule has 0 fully saturated rings. The minimum Gasteiger partial charge on any atom is -0.494 e. The average molecular weight is 625 g/mol. The summed E-state index contributed by atoms with van der Waals surface area (Å²) in [5.74, 6) is 0.737. The van der Waals surface area contributed by atoms with Crippen molar-refractivity contribution in [3.63, 3.8) is 0 Å². The quantitative estimate of drug-likeness (QED) is 0.121. The number of carbonyl (C=O) groups excluding carboxylic acids is 1. The Morgan fingerprint density at radius 2 is 1.52 bits per heavy atom. The number of ether oxygens (including phenoxy) is 2. The summed E-state index contributed by atoms with van der Waals surface area (Å²) in [7, 11) is -3.91. The Kier molecular flexibility index (Phi) is 8.49. The zero-order valence-corrected chi connectivity index (χ0v) is 25.4. The monoisotopic (exact) mass is 624 g/mol. The van der Waals surface area contributed by atoms with Gasteiger partial charge in [-0.3, -0.25) is 9.36 Å². The largest absolute Gasteiger partial charge is 0.494 e. The Morgan fingerprint density at radius 1 is 0.841 bits per heavy atom. The van der Waals surface area contributed by atoms with Crippen LogP contribution in [0.3, 0.4) is 0 Å². The van der Waals surface area contributed by atoms with Gasteiger partial charge in [-0.25, -0.2) is 12.4 Å². The van der Waals surface area contributed by atoms with Gasteiger partial charge in [0.25, 0.3) is 10.0 Å². The number of hydrogen-bond acceptors (Lipinski definition) is 8. The lowest BCUT2D eigenvalue weighted by molar-refractivity contribution is -0.141. The highest BCUT2D eigenvalue weighted by Crippen LogP contribution is 2.35. The first-order chi connectivity index (χ1) is 21.5. The molecule has 0 aliphatic rings. The molecule has 4 aromatic carbocycles. The molecule has 0 saturated heterocycles. The fourth-order valence-corrected chi connectivity index (χ4v) is 6.91. The number of thioether (sulfide) groups is 1. The van der Waals surface area contributed by atoms with Crippen molar-refractivity contribution in [2.75, 3.05) is 12.4 Å². The van der Waals surface area contributed by atoms with Gasteiger partial charge >= 0.3 is 5.97 Å². The Hall–Kier alpha value is -4.87. The van der Waals surface area contributed by atoms with Gasteiger partial charge in [0.05, 0.1) is 22.8 Å². The van der Waals surface area contributed by atoms with Crippen molar-refractivity contribution in [1.82, 2.24) is 18.7 Å². The van der Waals surface area contributed by atoms with Gasteiger partial charge in [-0.1, -0.05) is 78.5 Å². The van der Waals surface area contributed by atoms with Crippen molar-refractivity contribution in [2.24, 2.45) is 0 Å². The zero-order chi connectivity index (χ0) is 30.5. The molecule has 0 radical (unpaired) electrons. The summed E-state index contributed by atoms with van der Waals surface area (Å²) >= 11 is 1.19. The Labute approximate surface area is 259 Å². The van der Waals surface area contributed by atoms with Crippen molar-refractivity contribution in [2.45, 2.75) is 23.6 Å². The van der Waals surface area contributed by atoms with E-state index in [9.17, 15) is 13.2 Å². The number of rotatable bonds is 11. The smallest absolute Gasteiger partial charge is 0.316 e. The maximum Gasteiger partial charge on any atom is 0.316 e. The second-order valence-corrected chi connectivity index (χ2v) is 12.4. The predicted octanol–water partition coefficient (Wildman–Crippen LogP) is 6.36. The molecule has 0 unspecified atom stereocenters. The summed E-state index contributed by atoms with van der Waals surface area (Å²) in [6.07, 6.45) is 1.57. The molecular formula is C33H28N4O5S2. The van der Waals surface area contributed by atoms with Crippen LogP contribution >= 0.6 is 11.8 Å². The number of carbonyl (C=O) groups is 1. The minimum atomic E-state index is -3.91. The molecule has 0 atom stereocenters. The molecule has 44 heavy (non-hydrogen) atoms. The van der Waals surface area contributed by atoms with Gasteiger partial charge in [-0.2, -0.15) is 0 Å². The highest BCUT2D eigenvalue weighted by Gasteiger charge is 2.25. The Morgan fingerprint density at radius 3 is 2.25 bits per heavy atom. The van der Waals surface area contributed by atoms with Crippen LogP contribution in [-0.4, -0.2) is 45.5 Å². The third-order valence-corrected chi connectivity index (χ3v) is 9.41. The summed E-state index contributed by atoms with van der Waals surface area (Å²) in [6.45, 7) is 2.61. The lowest BCUT2D eigenvalue weighted by Gasteiger charge is -2.11. The molecule has 6 rings (SSSR count). The van der Waals surface area contributed by atoms with Crippen molar-refractivity contribution >= 4 is 38.7 Å². The van der Waals surface area contributed by atoms with Crippen LogP contribution in [0.4, 0.5) is 0 Å². The number of nitrogens with zero attached hydrogens (tertiary/aromatic N) is 4. The first kappa shape index (κ1) is 29.2. The van der Waals surface area contributed by atoms with E-state index in [1.165, 1.54) is 15.7 Å². The minimum absolute atomic E-state index is 0.00609. The molecule has 0 spiro atoms. The molecule has 11 heteroatoms. The van der Waals surface area contributed by atoms with E-state index in [0.29, 0.717) is 39.8 Å². The van der Waals surface area contributed by atoms with E-state index in [1.807, 2.05) is 78.2 Å². The molecule has 2 heterocycles. The van der Waals surface area contributed by atoms with E-state index in [1.54, 1.807) is 48.7 Å². The van der Waals surface area contributed by atoms with Crippen LogP contribution < -0.4 is 4.74 Å². The highest BCUT2D eigenvalue weighted by molar-refractivity contribution is 7.99. The molecule has 0 bridgehead atoms. The van der Waals surface area contributed by atoms with E-state index in [-0.39, 0.29) is 17.3 Å². The predicted molar refractivity (Wildman–Crippen MR) is 169 cm³/mol. The second-order valence-electron chi connectivity index (χ2n) is 9.68. The van der Waals surface area contributed by atoms with E-state index in [2.05, 4.69) is 10.2 Å². The molecule has 0 N–H and O–H groups in total. The lowest BCUT2D eigenvalue weighted by Crippen LogP contribution is -2.11. The molecule has 0 aliphatic carbocycles.